The van der Waals surface area contributed by atoms with E-state index in [1.807, 2.05) is 43.4 Å². The Morgan fingerprint density at radius 1 is 1.00 bits per heavy atom. The molecule has 3 rings (SSSR count). The molecule has 0 atom stereocenters. The zero-order valence-electron chi connectivity index (χ0n) is 9.37. The molecular weight excluding hydrogens is 232 g/mol. The van der Waals surface area contributed by atoms with Gasteiger partial charge in [-0.15, -0.1) is 0 Å². The van der Waals surface area contributed by atoms with Gasteiger partial charge >= 0.3 is 0 Å². The lowest BCUT2D eigenvalue weighted by molar-refractivity contribution is 1.47. The average molecular weight is 243 g/mol. The van der Waals surface area contributed by atoms with Gasteiger partial charge in [-0.25, -0.2) is 4.98 Å². The highest BCUT2D eigenvalue weighted by Gasteiger charge is 2.09. The fourth-order valence-corrected chi connectivity index (χ4v) is 2.36. The van der Waals surface area contributed by atoms with Crippen molar-refractivity contribution >= 4 is 39.1 Å². The lowest BCUT2D eigenvalue weighted by Crippen LogP contribution is -1.94. The molecule has 17 heavy (non-hydrogen) atoms. The molecule has 0 fully saturated rings. The van der Waals surface area contributed by atoms with Gasteiger partial charge in [0.25, 0.3) is 0 Å². The highest BCUT2D eigenvalue weighted by Crippen LogP contribution is 2.33. The van der Waals surface area contributed by atoms with E-state index in [2.05, 4.69) is 16.4 Å². The number of pyridine rings is 1. The van der Waals surface area contributed by atoms with E-state index in [-0.39, 0.29) is 0 Å². The minimum absolute atomic E-state index is 0.685. The minimum Gasteiger partial charge on any atom is -0.387 e. The van der Waals surface area contributed by atoms with Gasteiger partial charge in [-0.05, 0) is 12.1 Å². The van der Waals surface area contributed by atoms with Crippen LogP contribution >= 0.6 is 11.6 Å². The summed E-state index contributed by atoms with van der Waals surface area (Å²) in [6.45, 7) is 0. The molecule has 0 bridgehead atoms. The first-order valence-electron chi connectivity index (χ1n) is 5.46. The van der Waals surface area contributed by atoms with Gasteiger partial charge in [-0.1, -0.05) is 41.9 Å². The van der Waals surface area contributed by atoms with Crippen molar-refractivity contribution in [3.8, 4) is 0 Å². The first kappa shape index (κ1) is 10.4. The van der Waals surface area contributed by atoms with Crippen LogP contribution in [0.1, 0.15) is 0 Å². The number of nitrogens with one attached hydrogen (secondary N) is 1. The Kier molecular flexibility index (Phi) is 2.37. The molecule has 1 aromatic heterocycles. The van der Waals surface area contributed by atoms with Crippen LogP contribution in [0.2, 0.25) is 5.02 Å². The molecule has 0 amide bonds. The van der Waals surface area contributed by atoms with E-state index in [4.69, 9.17) is 11.6 Å². The molecule has 0 radical (unpaired) electrons. The van der Waals surface area contributed by atoms with Gasteiger partial charge in [0.1, 0.15) is 0 Å². The lowest BCUT2D eigenvalue weighted by Gasteiger charge is -2.10. The van der Waals surface area contributed by atoms with E-state index in [1.165, 1.54) is 0 Å². The molecule has 84 valence electrons. The van der Waals surface area contributed by atoms with E-state index in [1.54, 1.807) is 0 Å². The highest BCUT2D eigenvalue weighted by molar-refractivity contribution is 6.35. The van der Waals surface area contributed by atoms with Crippen LogP contribution in [-0.4, -0.2) is 12.0 Å². The number of anilines is 1. The van der Waals surface area contributed by atoms with Crippen molar-refractivity contribution in [3.05, 3.63) is 47.5 Å². The van der Waals surface area contributed by atoms with Crippen molar-refractivity contribution < 1.29 is 0 Å². The summed E-state index contributed by atoms with van der Waals surface area (Å²) in [5.74, 6) is 0. The summed E-state index contributed by atoms with van der Waals surface area (Å²) in [7, 11) is 1.92. The van der Waals surface area contributed by atoms with Gasteiger partial charge in [0.2, 0.25) is 0 Å². The molecular formula is C14H11ClN2. The second-order valence-electron chi connectivity index (χ2n) is 3.89. The van der Waals surface area contributed by atoms with Crippen molar-refractivity contribution in [2.45, 2.75) is 0 Å². The predicted octanol–water partition coefficient (Wildman–Crippen LogP) is 4.08. The third kappa shape index (κ3) is 1.53. The Morgan fingerprint density at radius 2 is 1.76 bits per heavy atom. The smallest absolute Gasteiger partial charge is 0.0916 e. The summed E-state index contributed by atoms with van der Waals surface area (Å²) in [6, 6.07) is 13.9. The molecule has 3 heteroatoms. The Bertz CT molecular complexity index is 707. The molecule has 0 aliphatic carbocycles. The monoisotopic (exact) mass is 242 g/mol. The molecule has 0 spiro atoms. The van der Waals surface area contributed by atoms with Crippen LogP contribution in [0.5, 0.6) is 0 Å². The third-order valence-electron chi connectivity index (χ3n) is 2.91. The van der Waals surface area contributed by atoms with Crippen LogP contribution < -0.4 is 5.32 Å². The van der Waals surface area contributed by atoms with Crippen LogP contribution in [0.25, 0.3) is 21.8 Å². The normalized spacial score (nSPS) is 10.9. The molecule has 0 saturated carbocycles. The minimum atomic E-state index is 0.685. The summed E-state index contributed by atoms with van der Waals surface area (Å²) < 4.78 is 0. The molecule has 2 aromatic carbocycles. The Hall–Kier alpha value is -1.80. The SMILES string of the molecule is CNc1c2ccccc2nc2c(Cl)cccc12. The number of fused-ring (bicyclic) bond motifs is 2. The highest BCUT2D eigenvalue weighted by atomic mass is 35.5. The summed E-state index contributed by atoms with van der Waals surface area (Å²) >= 11 is 6.20. The van der Waals surface area contributed by atoms with E-state index in [0.717, 1.165) is 27.5 Å². The second-order valence-corrected chi connectivity index (χ2v) is 4.30. The van der Waals surface area contributed by atoms with E-state index in [9.17, 15) is 0 Å². The van der Waals surface area contributed by atoms with E-state index >= 15 is 0 Å². The number of benzene rings is 2. The van der Waals surface area contributed by atoms with Gasteiger partial charge in [0, 0.05) is 17.8 Å². The van der Waals surface area contributed by atoms with Crippen LogP contribution in [0.15, 0.2) is 42.5 Å². The van der Waals surface area contributed by atoms with Gasteiger partial charge in [0.05, 0.1) is 21.7 Å². The molecule has 0 saturated heterocycles. The summed E-state index contributed by atoms with van der Waals surface area (Å²) in [4.78, 5) is 4.61. The van der Waals surface area contributed by atoms with E-state index in [0.29, 0.717) is 5.02 Å². The molecule has 0 aliphatic rings. The van der Waals surface area contributed by atoms with Crippen LogP contribution in [0, 0.1) is 0 Å². The molecule has 0 aliphatic heterocycles. The maximum Gasteiger partial charge on any atom is 0.0916 e. The second kappa shape index (κ2) is 3.90. The molecule has 1 N–H and O–H groups in total. The third-order valence-corrected chi connectivity index (χ3v) is 3.22. The number of para-hydroxylation sites is 2. The Morgan fingerprint density at radius 3 is 2.59 bits per heavy atom. The number of aromatic nitrogens is 1. The van der Waals surface area contributed by atoms with Crippen LogP contribution in [-0.2, 0) is 0 Å². The van der Waals surface area contributed by atoms with Crippen molar-refractivity contribution in [2.75, 3.05) is 12.4 Å². The summed E-state index contributed by atoms with van der Waals surface area (Å²) in [5.41, 5.74) is 2.88. The van der Waals surface area contributed by atoms with Crippen LogP contribution in [0.3, 0.4) is 0 Å². The van der Waals surface area contributed by atoms with Crippen molar-refractivity contribution in [2.24, 2.45) is 0 Å². The Labute approximate surface area is 104 Å². The number of hydrogen-bond acceptors (Lipinski definition) is 2. The van der Waals surface area contributed by atoms with Gasteiger partial charge < -0.3 is 5.32 Å². The Balaban J connectivity index is 2.58. The largest absolute Gasteiger partial charge is 0.387 e. The molecule has 2 nitrogen and oxygen atoms in total. The summed E-state index contributed by atoms with van der Waals surface area (Å²) in [5, 5.41) is 6.10. The molecule has 1 heterocycles. The van der Waals surface area contributed by atoms with Crippen molar-refractivity contribution in [1.82, 2.24) is 4.98 Å². The maximum atomic E-state index is 6.20. The predicted molar refractivity (Wildman–Crippen MR) is 73.8 cm³/mol. The van der Waals surface area contributed by atoms with Gasteiger partial charge in [-0.2, -0.15) is 0 Å². The zero-order valence-corrected chi connectivity index (χ0v) is 10.1. The molecule has 0 unspecified atom stereocenters. The van der Waals surface area contributed by atoms with Gasteiger partial charge in [0.15, 0.2) is 0 Å². The molecule has 3 aromatic rings. The van der Waals surface area contributed by atoms with E-state index < -0.39 is 0 Å². The first-order valence-corrected chi connectivity index (χ1v) is 5.84. The van der Waals surface area contributed by atoms with Gasteiger partial charge in [-0.3, -0.25) is 0 Å². The lowest BCUT2D eigenvalue weighted by atomic mass is 10.1. The maximum absolute atomic E-state index is 6.20. The number of rotatable bonds is 1. The number of hydrogen-bond donors (Lipinski definition) is 1. The summed E-state index contributed by atoms with van der Waals surface area (Å²) in [6.07, 6.45) is 0. The first-order chi connectivity index (χ1) is 8.31. The fourth-order valence-electron chi connectivity index (χ4n) is 2.15. The topological polar surface area (TPSA) is 24.9 Å². The van der Waals surface area contributed by atoms with Crippen LogP contribution in [0.4, 0.5) is 5.69 Å². The quantitative estimate of drug-likeness (QED) is 0.651. The number of nitrogens with zero attached hydrogens (tertiary/aromatic N) is 1. The fraction of sp³-hybridized carbons (Fsp3) is 0.0714. The van der Waals surface area contributed by atoms with Crippen molar-refractivity contribution in [3.63, 3.8) is 0 Å². The average Bonchev–Trinajstić information content (AvgIpc) is 2.37. The standard InChI is InChI=1S/C14H11ClN2/c1-16-13-9-5-2-3-8-12(9)17-14-10(13)6-4-7-11(14)15/h2-8H,1H3,(H,16,17). The van der Waals surface area contributed by atoms with Crippen molar-refractivity contribution in [1.29, 1.82) is 0 Å². The number of halogens is 1. The zero-order chi connectivity index (χ0) is 11.8.